The zero-order valence-corrected chi connectivity index (χ0v) is 11.9. The Morgan fingerprint density at radius 1 is 1.45 bits per heavy atom. The third-order valence-corrected chi connectivity index (χ3v) is 4.20. The summed E-state index contributed by atoms with van der Waals surface area (Å²) in [6, 6.07) is 5.70. The van der Waals surface area contributed by atoms with Crippen molar-refractivity contribution < 1.29 is 17.9 Å². The molecule has 0 bridgehead atoms. The Balaban J connectivity index is 1.92. The molecule has 0 spiro atoms. The average molecular weight is 298 g/mol. The highest BCUT2D eigenvalue weighted by molar-refractivity contribution is 7.89. The molecule has 1 unspecified atom stereocenters. The number of rotatable bonds is 5. The van der Waals surface area contributed by atoms with E-state index in [0.29, 0.717) is 18.0 Å². The number of nitrogens with two attached hydrogens (primary N) is 1. The van der Waals surface area contributed by atoms with Crippen molar-refractivity contribution in [1.29, 1.82) is 0 Å². The molecule has 6 nitrogen and oxygen atoms in total. The highest BCUT2D eigenvalue weighted by Gasteiger charge is 2.16. The predicted molar refractivity (Wildman–Crippen MR) is 73.7 cm³/mol. The number of carbonyl (C=O) groups excluding carboxylic acids is 1. The number of amides is 1. The van der Waals surface area contributed by atoms with Gasteiger partial charge in [-0.3, -0.25) is 4.79 Å². The second-order valence-electron chi connectivity index (χ2n) is 4.85. The third kappa shape index (κ3) is 4.03. The number of ether oxygens (including phenoxy) is 1. The van der Waals surface area contributed by atoms with Crippen LogP contribution in [0.25, 0.3) is 0 Å². The van der Waals surface area contributed by atoms with Crippen molar-refractivity contribution in [3.63, 3.8) is 0 Å². The van der Waals surface area contributed by atoms with Gasteiger partial charge in [0.2, 0.25) is 10.0 Å². The topological polar surface area (TPSA) is 98.5 Å². The maximum absolute atomic E-state index is 11.9. The van der Waals surface area contributed by atoms with Crippen LogP contribution in [0.3, 0.4) is 0 Å². The lowest BCUT2D eigenvalue weighted by molar-refractivity contribution is 0.0950. The summed E-state index contributed by atoms with van der Waals surface area (Å²) in [5.74, 6) is 0.195. The van der Waals surface area contributed by atoms with Gasteiger partial charge in [-0.15, -0.1) is 0 Å². The van der Waals surface area contributed by atoms with Gasteiger partial charge >= 0.3 is 0 Å². The number of carbonyl (C=O) groups is 1. The summed E-state index contributed by atoms with van der Waals surface area (Å²) in [5.41, 5.74) is 0.291. The van der Waals surface area contributed by atoms with Crippen molar-refractivity contribution in [1.82, 2.24) is 5.32 Å². The molecule has 20 heavy (non-hydrogen) atoms. The lowest BCUT2D eigenvalue weighted by atomic mass is 10.1. The van der Waals surface area contributed by atoms with Gasteiger partial charge in [0.05, 0.1) is 4.90 Å². The second-order valence-corrected chi connectivity index (χ2v) is 6.41. The van der Waals surface area contributed by atoms with E-state index in [1.54, 1.807) is 6.07 Å². The van der Waals surface area contributed by atoms with Crippen LogP contribution in [-0.2, 0) is 14.8 Å². The smallest absolute Gasteiger partial charge is 0.251 e. The van der Waals surface area contributed by atoms with E-state index in [2.05, 4.69) is 5.32 Å². The van der Waals surface area contributed by atoms with Crippen LogP contribution in [0.1, 0.15) is 23.2 Å². The Kier molecular flexibility index (Phi) is 4.74. The first-order valence-corrected chi connectivity index (χ1v) is 8.00. The largest absolute Gasteiger partial charge is 0.381 e. The Bertz CT molecular complexity index is 580. The minimum absolute atomic E-state index is 0.0608. The van der Waals surface area contributed by atoms with E-state index in [1.807, 2.05) is 0 Å². The first kappa shape index (κ1) is 15.0. The number of benzene rings is 1. The second kappa shape index (κ2) is 6.34. The van der Waals surface area contributed by atoms with E-state index in [0.717, 1.165) is 26.1 Å². The van der Waals surface area contributed by atoms with E-state index in [4.69, 9.17) is 9.88 Å². The SMILES string of the molecule is NS(=O)(=O)c1cccc(C(=O)NCCC2CCOC2)c1. The number of sulfonamides is 1. The Morgan fingerprint density at radius 2 is 2.25 bits per heavy atom. The standard InChI is InChI=1S/C13H18N2O4S/c14-20(17,18)12-3-1-2-11(8-12)13(16)15-6-4-10-5-7-19-9-10/h1-3,8,10H,4-7,9H2,(H,15,16)(H2,14,17,18). The van der Waals surface area contributed by atoms with E-state index in [9.17, 15) is 13.2 Å². The molecule has 1 aromatic rings. The zero-order valence-electron chi connectivity index (χ0n) is 11.0. The van der Waals surface area contributed by atoms with Crippen molar-refractivity contribution >= 4 is 15.9 Å². The molecule has 1 heterocycles. The Labute approximate surface area is 118 Å². The number of primary sulfonamides is 1. The lowest BCUT2D eigenvalue weighted by Crippen LogP contribution is -2.26. The average Bonchev–Trinajstić information content (AvgIpc) is 2.91. The number of nitrogens with one attached hydrogen (secondary N) is 1. The predicted octanol–water partition coefficient (Wildman–Crippen LogP) is 0.490. The molecule has 0 aliphatic carbocycles. The molecule has 1 fully saturated rings. The Morgan fingerprint density at radius 3 is 2.90 bits per heavy atom. The van der Waals surface area contributed by atoms with E-state index in [1.165, 1.54) is 18.2 Å². The van der Waals surface area contributed by atoms with Gasteiger partial charge < -0.3 is 10.1 Å². The van der Waals surface area contributed by atoms with Crippen LogP contribution in [0, 0.1) is 5.92 Å². The molecule has 1 saturated heterocycles. The fourth-order valence-electron chi connectivity index (χ4n) is 2.12. The molecule has 2 rings (SSSR count). The molecule has 1 amide bonds. The monoisotopic (exact) mass is 298 g/mol. The van der Waals surface area contributed by atoms with Gasteiger partial charge in [-0.05, 0) is 37.0 Å². The first-order chi connectivity index (χ1) is 9.47. The van der Waals surface area contributed by atoms with Gasteiger partial charge in [-0.1, -0.05) is 6.07 Å². The van der Waals surface area contributed by atoms with Crippen molar-refractivity contribution in [2.45, 2.75) is 17.7 Å². The molecular formula is C13H18N2O4S. The normalized spacial score (nSPS) is 18.9. The molecule has 0 radical (unpaired) electrons. The molecule has 7 heteroatoms. The van der Waals surface area contributed by atoms with Crippen LogP contribution in [0.4, 0.5) is 0 Å². The van der Waals surface area contributed by atoms with Gasteiger partial charge in [0, 0.05) is 25.3 Å². The molecule has 1 aliphatic rings. The number of hydrogen-bond acceptors (Lipinski definition) is 4. The Hall–Kier alpha value is -1.44. The summed E-state index contributed by atoms with van der Waals surface area (Å²) < 4.78 is 27.7. The van der Waals surface area contributed by atoms with Gasteiger partial charge in [0.25, 0.3) is 5.91 Å². The van der Waals surface area contributed by atoms with Crippen molar-refractivity contribution in [2.75, 3.05) is 19.8 Å². The summed E-state index contributed by atoms with van der Waals surface area (Å²) in [5, 5.41) is 7.81. The summed E-state index contributed by atoms with van der Waals surface area (Å²) in [6.07, 6.45) is 1.89. The van der Waals surface area contributed by atoms with Crippen LogP contribution in [-0.4, -0.2) is 34.1 Å². The van der Waals surface area contributed by atoms with Crippen LogP contribution < -0.4 is 10.5 Å². The molecule has 0 saturated carbocycles. The van der Waals surface area contributed by atoms with Crippen molar-refractivity contribution in [2.24, 2.45) is 11.1 Å². The van der Waals surface area contributed by atoms with Gasteiger partial charge in [0.15, 0.2) is 0 Å². The summed E-state index contributed by atoms with van der Waals surface area (Å²) >= 11 is 0. The molecule has 1 aromatic carbocycles. The zero-order chi connectivity index (χ0) is 14.6. The maximum atomic E-state index is 11.9. The molecule has 0 aromatic heterocycles. The number of hydrogen-bond donors (Lipinski definition) is 2. The summed E-state index contributed by atoms with van der Waals surface area (Å²) in [6.45, 7) is 2.08. The minimum atomic E-state index is -3.79. The lowest BCUT2D eigenvalue weighted by Gasteiger charge is -2.09. The van der Waals surface area contributed by atoms with Gasteiger partial charge in [-0.25, -0.2) is 13.6 Å². The van der Waals surface area contributed by atoms with E-state index in [-0.39, 0.29) is 10.8 Å². The molecular weight excluding hydrogens is 280 g/mol. The highest BCUT2D eigenvalue weighted by atomic mass is 32.2. The van der Waals surface area contributed by atoms with E-state index >= 15 is 0 Å². The third-order valence-electron chi connectivity index (χ3n) is 3.29. The quantitative estimate of drug-likeness (QED) is 0.826. The molecule has 1 atom stereocenters. The van der Waals surface area contributed by atoms with Crippen LogP contribution in [0.5, 0.6) is 0 Å². The molecule has 110 valence electrons. The summed E-state index contributed by atoms with van der Waals surface area (Å²) in [4.78, 5) is 11.9. The maximum Gasteiger partial charge on any atom is 0.251 e. The summed E-state index contributed by atoms with van der Waals surface area (Å²) in [7, 11) is -3.79. The van der Waals surface area contributed by atoms with Crippen molar-refractivity contribution in [3.8, 4) is 0 Å². The van der Waals surface area contributed by atoms with Gasteiger partial charge in [0.1, 0.15) is 0 Å². The fraction of sp³-hybridized carbons (Fsp3) is 0.462. The van der Waals surface area contributed by atoms with Crippen LogP contribution >= 0.6 is 0 Å². The minimum Gasteiger partial charge on any atom is -0.381 e. The van der Waals surface area contributed by atoms with Gasteiger partial charge in [-0.2, -0.15) is 0 Å². The first-order valence-electron chi connectivity index (χ1n) is 6.45. The van der Waals surface area contributed by atoms with E-state index < -0.39 is 10.0 Å². The van der Waals surface area contributed by atoms with Crippen LogP contribution in [0.15, 0.2) is 29.2 Å². The van der Waals surface area contributed by atoms with Crippen molar-refractivity contribution in [3.05, 3.63) is 29.8 Å². The molecule has 1 aliphatic heterocycles. The highest BCUT2D eigenvalue weighted by Crippen LogP contribution is 2.15. The fourth-order valence-corrected chi connectivity index (χ4v) is 2.68. The molecule has 3 N–H and O–H groups in total. The van der Waals surface area contributed by atoms with Crippen LogP contribution in [0.2, 0.25) is 0 Å².